The van der Waals surface area contributed by atoms with Crippen molar-refractivity contribution in [1.82, 2.24) is 0 Å². The van der Waals surface area contributed by atoms with Gasteiger partial charge in [-0.25, -0.2) is 0 Å². The summed E-state index contributed by atoms with van der Waals surface area (Å²) in [7, 11) is -4.05. The van der Waals surface area contributed by atoms with Gasteiger partial charge in [-0.2, -0.15) is 8.42 Å². The van der Waals surface area contributed by atoms with Gasteiger partial charge in [0.1, 0.15) is 0 Å². The number of allylic oxidation sites excluding steroid dienone is 2. The zero-order valence-corrected chi connectivity index (χ0v) is 16.0. The summed E-state index contributed by atoms with van der Waals surface area (Å²) in [5, 5.41) is 0.420. The molecule has 5 heteroatoms. The molecule has 0 bridgehead atoms. The minimum Gasteiger partial charge on any atom is -0.199 e. The Hall–Kier alpha value is -0.940. The van der Waals surface area contributed by atoms with E-state index in [4.69, 9.17) is 0 Å². The Kier molecular flexibility index (Phi) is 5.93. The first-order valence-electron chi connectivity index (χ1n) is 9.03. The van der Waals surface area contributed by atoms with E-state index in [1.54, 1.807) is 12.1 Å². The lowest BCUT2D eigenvalue weighted by atomic mass is 10.0. The monoisotopic (exact) mass is 365 g/mol. The van der Waals surface area contributed by atoms with Gasteiger partial charge in [0.05, 0.1) is 4.90 Å². The summed E-state index contributed by atoms with van der Waals surface area (Å²) in [6, 6.07) is 7.07. The average Bonchev–Trinajstić information content (AvgIpc) is 2.62. The minimum absolute atomic E-state index is 0.331. The minimum atomic E-state index is -3.58. The Bertz CT molecular complexity index is 727. The molecule has 1 unspecified atom stereocenters. The molecule has 3 nitrogen and oxygen atoms in total. The molecule has 3 rings (SSSR count). The van der Waals surface area contributed by atoms with Crippen molar-refractivity contribution in [3.8, 4) is 0 Å². The molecular weight excluding hydrogens is 338 g/mol. The molecule has 1 atom stereocenters. The van der Waals surface area contributed by atoms with Crippen LogP contribution in [0.1, 0.15) is 63.4 Å². The molecule has 0 aliphatic heterocycles. The molecule has 2 aliphatic carbocycles. The summed E-state index contributed by atoms with van der Waals surface area (Å²) < 4.78 is 30.2. The molecule has 0 saturated heterocycles. The van der Waals surface area contributed by atoms with Crippen LogP contribution in [-0.2, 0) is 20.7 Å². The third-order valence-corrected chi connectivity index (χ3v) is 9.19. The second-order valence-electron chi connectivity index (χ2n) is 6.85. The largest absolute Gasteiger partial charge is 0.288 e. The third kappa shape index (κ3) is 4.37. The molecule has 0 heterocycles. The molecular formula is C19H27NO2S2. The fourth-order valence-electron chi connectivity index (χ4n) is 3.47. The van der Waals surface area contributed by atoms with Crippen LogP contribution in [0.25, 0.3) is 0 Å². The lowest BCUT2D eigenvalue weighted by Gasteiger charge is -2.27. The maximum absolute atomic E-state index is 12.9. The topological polar surface area (TPSA) is 46.5 Å². The summed E-state index contributed by atoms with van der Waals surface area (Å²) in [4.78, 5) is 1.63. The maximum atomic E-state index is 12.9. The van der Waals surface area contributed by atoms with Crippen LogP contribution in [0.15, 0.2) is 43.9 Å². The van der Waals surface area contributed by atoms with Gasteiger partial charge in [-0.1, -0.05) is 53.7 Å². The predicted molar refractivity (Wildman–Crippen MR) is 102 cm³/mol. The molecule has 1 aromatic carbocycles. The Morgan fingerprint density at radius 3 is 2.33 bits per heavy atom. The first-order chi connectivity index (χ1) is 11.6. The highest BCUT2D eigenvalue weighted by Crippen LogP contribution is 2.32. The van der Waals surface area contributed by atoms with Crippen LogP contribution in [0.3, 0.4) is 0 Å². The van der Waals surface area contributed by atoms with Gasteiger partial charge in [0, 0.05) is 5.25 Å². The van der Waals surface area contributed by atoms with Crippen molar-refractivity contribution in [3.63, 3.8) is 0 Å². The van der Waals surface area contributed by atoms with Crippen LogP contribution in [0.5, 0.6) is 0 Å². The van der Waals surface area contributed by atoms with E-state index < -0.39 is 20.7 Å². The van der Waals surface area contributed by atoms with Gasteiger partial charge in [-0.05, 0) is 62.5 Å². The molecule has 1 fully saturated rings. The third-order valence-electron chi connectivity index (χ3n) is 4.88. The Balaban J connectivity index is 1.98. The highest BCUT2D eigenvalue weighted by molar-refractivity contribution is 8.02. The van der Waals surface area contributed by atoms with Gasteiger partial charge < -0.3 is 0 Å². The van der Waals surface area contributed by atoms with E-state index in [1.807, 2.05) is 19.1 Å². The fraction of sp³-hybridized carbons (Fsp3) is 0.579. The molecule has 0 aromatic heterocycles. The molecule has 2 aliphatic rings. The number of hydrogen-bond acceptors (Lipinski definition) is 2. The van der Waals surface area contributed by atoms with E-state index in [0.29, 0.717) is 10.1 Å². The summed E-state index contributed by atoms with van der Waals surface area (Å²) in [6.45, 7) is 1.97. The molecule has 24 heavy (non-hydrogen) atoms. The van der Waals surface area contributed by atoms with Gasteiger partial charge in [0.2, 0.25) is 0 Å². The highest BCUT2D eigenvalue weighted by atomic mass is 32.3. The zero-order valence-electron chi connectivity index (χ0n) is 14.4. The van der Waals surface area contributed by atoms with Crippen LogP contribution in [0.2, 0.25) is 0 Å². The molecule has 1 aromatic rings. The average molecular weight is 366 g/mol. The van der Waals surface area contributed by atoms with Crippen LogP contribution >= 0.6 is 0 Å². The highest BCUT2D eigenvalue weighted by Gasteiger charge is 2.25. The second kappa shape index (κ2) is 7.96. The van der Waals surface area contributed by atoms with Gasteiger partial charge in [-0.15, -0.1) is 3.77 Å². The first kappa shape index (κ1) is 17.9. The Labute approximate surface area is 148 Å². The molecule has 0 radical (unpaired) electrons. The number of aryl methyl sites for hydroxylation is 1. The van der Waals surface area contributed by atoms with Crippen molar-refractivity contribution >= 4 is 20.7 Å². The molecule has 0 amide bonds. The van der Waals surface area contributed by atoms with E-state index in [-0.39, 0.29) is 0 Å². The summed E-state index contributed by atoms with van der Waals surface area (Å²) >= 11 is 0. The summed E-state index contributed by atoms with van der Waals surface area (Å²) in [5.41, 5.74) is 1.07. The van der Waals surface area contributed by atoms with Crippen molar-refractivity contribution in [2.45, 2.75) is 74.9 Å². The van der Waals surface area contributed by atoms with Crippen molar-refractivity contribution < 1.29 is 8.42 Å². The normalized spacial score (nSPS) is 21.5. The van der Waals surface area contributed by atoms with Crippen molar-refractivity contribution in [2.75, 3.05) is 0 Å². The van der Waals surface area contributed by atoms with Crippen molar-refractivity contribution in [2.24, 2.45) is 3.77 Å². The predicted octanol–water partition coefficient (Wildman–Crippen LogP) is 5.28. The Morgan fingerprint density at radius 1 is 1.00 bits per heavy atom. The van der Waals surface area contributed by atoms with E-state index in [0.717, 1.165) is 31.2 Å². The number of hydrogen-bond donors (Lipinski definition) is 0. The van der Waals surface area contributed by atoms with Gasteiger partial charge in [0.15, 0.2) is 0 Å². The molecule has 0 N–H and O–H groups in total. The molecule has 1 saturated carbocycles. The quantitative estimate of drug-likeness (QED) is 0.729. The number of nitrogens with zero attached hydrogens (tertiary/aromatic N) is 1. The van der Waals surface area contributed by atoms with Gasteiger partial charge in [-0.3, -0.25) is 0 Å². The molecule has 0 spiro atoms. The number of rotatable bonds is 4. The van der Waals surface area contributed by atoms with Crippen LogP contribution < -0.4 is 0 Å². The smallest absolute Gasteiger partial charge is 0.199 e. The van der Waals surface area contributed by atoms with Crippen LogP contribution in [-0.4, -0.2) is 13.7 Å². The lowest BCUT2D eigenvalue weighted by Crippen LogP contribution is -2.21. The van der Waals surface area contributed by atoms with E-state index in [2.05, 4.69) is 9.84 Å². The first-order valence-corrected chi connectivity index (χ1v) is 11.7. The Morgan fingerprint density at radius 2 is 1.71 bits per heavy atom. The van der Waals surface area contributed by atoms with E-state index in [9.17, 15) is 8.42 Å². The van der Waals surface area contributed by atoms with E-state index >= 15 is 0 Å². The maximum Gasteiger partial charge on any atom is 0.288 e. The fourth-order valence-corrected chi connectivity index (χ4v) is 7.86. The zero-order chi connectivity index (χ0) is 17.0. The van der Waals surface area contributed by atoms with Crippen molar-refractivity contribution in [3.05, 3.63) is 40.8 Å². The van der Waals surface area contributed by atoms with Crippen molar-refractivity contribution in [1.29, 1.82) is 0 Å². The summed E-state index contributed by atoms with van der Waals surface area (Å²) in [6.07, 6.45) is 12.7. The summed E-state index contributed by atoms with van der Waals surface area (Å²) in [5.74, 6) is 0. The number of sulfonamides is 1. The SMILES string of the molecule is Cc1ccc(S(=O)(=O)/N=S(\C2=CCCCC2)C2CCCCC2)cc1. The second-order valence-corrected chi connectivity index (χ2v) is 10.7. The lowest BCUT2D eigenvalue weighted by molar-refractivity contribution is 0.514. The molecule has 132 valence electrons. The van der Waals surface area contributed by atoms with Crippen LogP contribution in [0.4, 0.5) is 0 Å². The standard InChI is InChI=1S/C19H27NO2S2/c1-16-12-14-19(15-13-16)24(21,22)20-23(17-8-4-2-5-9-17)18-10-6-3-7-11-18/h8,12-15,18H,2-7,9-11H2,1H3. The van der Waals surface area contributed by atoms with Crippen LogP contribution in [0, 0.1) is 6.92 Å². The van der Waals surface area contributed by atoms with E-state index in [1.165, 1.54) is 37.0 Å². The van der Waals surface area contributed by atoms with Gasteiger partial charge >= 0.3 is 0 Å². The van der Waals surface area contributed by atoms with Gasteiger partial charge in [0.25, 0.3) is 10.0 Å². The number of benzene rings is 1.